The van der Waals surface area contributed by atoms with Crippen LogP contribution in [0.5, 0.6) is 0 Å². The zero-order valence-corrected chi connectivity index (χ0v) is 12.7. The molecule has 5 nitrogen and oxygen atoms in total. The van der Waals surface area contributed by atoms with E-state index in [1.165, 1.54) is 12.8 Å². The molecular weight excluding hydrogens is 252 g/mol. The topological polar surface area (TPSA) is 49.3 Å². The van der Waals surface area contributed by atoms with Crippen LogP contribution >= 0.6 is 0 Å². The number of hydrogen-bond donors (Lipinski definition) is 0. The molecule has 1 aliphatic rings. The molecule has 1 atom stereocenters. The fourth-order valence-corrected chi connectivity index (χ4v) is 2.66. The largest absolute Gasteiger partial charge is 0.341 e. The van der Waals surface area contributed by atoms with E-state index in [1.54, 1.807) is 17.3 Å². The van der Waals surface area contributed by atoms with Gasteiger partial charge in [0.2, 0.25) is 5.95 Å². The highest BCUT2D eigenvalue weighted by atomic mass is 16.2. The summed E-state index contributed by atoms with van der Waals surface area (Å²) in [5.41, 5.74) is 0.572. The molecular formula is C15H24N4O. The fraction of sp³-hybridized carbons (Fsp3) is 0.667. The molecule has 20 heavy (non-hydrogen) atoms. The molecule has 2 rings (SSSR count). The lowest BCUT2D eigenvalue weighted by atomic mass is 10.0. The minimum atomic E-state index is 0.00793. The van der Waals surface area contributed by atoms with Crippen LogP contribution in [0.2, 0.25) is 0 Å². The van der Waals surface area contributed by atoms with Gasteiger partial charge < -0.3 is 9.80 Å². The molecule has 5 heteroatoms. The minimum absolute atomic E-state index is 0.00793. The van der Waals surface area contributed by atoms with E-state index in [0.29, 0.717) is 24.6 Å². The summed E-state index contributed by atoms with van der Waals surface area (Å²) in [6.45, 7) is 9.64. The number of carbonyl (C=O) groups is 1. The average Bonchev–Trinajstić information content (AvgIpc) is 2.48. The lowest BCUT2D eigenvalue weighted by Gasteiger charge is -2.30. The Bertz CT molecular complexity index is 442. The van der Waals surface area contributed by atoms with Crippen LogP contribution in [-0.4, -0.2) is 47.0 Å². The van der Waals surface area contributed by atoms with Crippen LogP contribution in [0.25, 0.3) is 0 Å². The maximum absolute atomic E-state index is 12.2. The molecule has 2 heterocycles. The van der Waals surface area contributed by atoms with Crippen molar-refractivity contribution in [1.82, 2.24) is 14.9 Å². The number of carbonyl (C=O) groups excluding carboxylic acids is 1. The predicted molar refractivity (Wildman–Crippen MR) is 79.9 cm³/mol. The summed E-state index contributed by atoms with van der Waals surface area (Å²) in [6, 6.07) is 0. The normalized spacial score (nSPS) is 18.9. The second kappa shape index (κ2) is 6.68. The SMILES string of the molecule is CCN(CC)C(=O)c1cnc(N2CCCC(C)C2)nc1. The summed E-state index contributed by atoms with van der Waals surface area (Å²) < 4.78 is 0. The number of rotatable bonds is 4. The van der Waals surface area contributed by atoms with E-state index in [4.69, 9.17) is 0 Å². The number of aromatic nitrogens is 2. The highest BCUT2D eigenvalue weighted by molar-refractivity contribution is 5.93. The maximum atomic E-state index is 12.2. The van der Waals surface area contributed by atoms with Gasteiger partial charge in [-0.05, 0) is 32.6 Å². The summed E-state index contributed by atoms with van der Waals surface area (Å²) in [5, 5.41) is 0. The summed E-state index contributed by atoms with van der Waals surface area (Å²) in [7, 11) is 0. The number of hydrogen-bond acceptors (Lipinski definition) is 4. The van der Waals surface area contributed by atoms with Gasteiger partial charge in [0.05, 0.1) is 5.56 Å². The van der Waals surface area contributed by atoms with Crippen LogP contribution in [0.15, 0.2) is 12.4 Å². The van der Waals surface area contributed by atoms with Gasteiger partial charge in [0.15, 0.2) is 0 Å². The number of nitrogens with zero attached hydrogens (tertiary/aromatic N) is 4. The summed E-state index contributed by atoms with van der Waals surface area (Å²) >= 11 is 0. The number of anilines is 1. The average molecular weight is 276 g/mol. The molecule has 0 saturated carbocycles. The zero-order chi connectivity index (χ0) is 14.5. The van der Waals surface area contributed by atoms with E-state index in [-0.39, 0.29) is 5.91 Å². The first kappa shape index (κ1) is 14.8. The third-order valence-corrected chi connectivity index (χ3v) is 3.88. The highest BCUT2D eigenvalue weighted by Crippen LogP contribution is 2.19. The van der Waals surface area contributed by atoms with E-state index >= 15 is 0 Å². The summed E-state index contributed by atoms with van der Waals surface area (Å²) in [6.07, 6.45) is 5.77. The number of piperidine rings is 1. The molecule has 1 saturated heterocycles. The first-order valence-electron chi connectivity index (χ1n) is 7.52. The van der Waals surface area contributed by atoms with E-state index in [2.05, 4.69) is 21.8 Å². The molecule has 0 radical (unpaired) electrons. The highest BCUT2D eigenvalue weighted by Gasteiger charge is 2.19. The van der Waals surface area contributed by atoms with Crippen LogP contribution in [0.1, 0.15) is 44.0 Å². The molecule has 0 N–H and O–H groups in total. The van der Waals surface area contributed by atoms with Crippen molar-refractivity contribution in [2.45, 2.75) is 33.6 Å². The summed E-state index contributed by atoms with van der Waals surface area (Å²) in [4.78, 5) is 24.9. The molecule has 1 aromatic heterocycles. The van der Waals surface area contributed by atoms with Gasteiger partial charge >= 0.3 is 0 Å². The molecule has 0 spiro atoms. The second-order valence-electron chi connectivity index (χ2n) is 5.44. The third-order valence-electron chi connectivity index (χ3n) is 3.88. The van der Waals surface area contributed by atoms with E-state index in [0.717, 1.165) is 19.0 Å². The van der Waals surface area contributed by atoms with E-state index in [9.17, 15) is 4.79 Å². The van der Waals surface area contributed by atoms with Gasteiger partial charge in [0.1, 0.15) is 0 Å². The van der Waals surface area contributed by atoms with Crippen molar-refractivity contribution in [1.29, 1.82) is 0 Å². The van der Waals surface area contributed by atoms with Gasteiger partial charge in [-0.15, -0.1) is 0 Å². The van der Waals surface area contributed by atoms with Gasteiger partial charge in [-0.1, -0.05) is 6.92 Å². The number of amides is 1. The quantitative estimate of drug-likeness (QED) is 0.846. The van der Waals surface area contributed by atoms with Gasteiger partial charge in [0.25, 0.3) is 5.91 Å². The van der Waals surface area contributed by atoms with Crippen LogP contribution in [0.3, 0.4) is 0 Å². The molecule has 110 valence electrons. The van der Waals surface area contributed by atoms with Crippen LogP contribution in [0.4, 0.5) is 5.95 Å². The molecule has 1 aromatic rings. The standard InChI is InChI=1S/C15H24N4O/c1-4-18(5-2)14(20)13-9-16-15(17-10-13)19-8-6-7-12(3)11-19/h9-10,12H,4-8,11H2,1-3H3. The lowest BCUT2D eigenvalue weighted by Crippen LogP contribution is -2.35. The Morgan fingerprint density at radius 3 is 2.55 bits per heavy atom. The molecule has 0 aromatic carbocycles. The second-order valence-corrected chi connectivity index (χ2v) is 5.44. The Labute approximate surface area is 121 Å². The van der Waals surface area contributed by atoms with Crippen molar-refractivity contribution >= 4 is 11.9 Å². The van der Waals surface area contributed by atoms with Crippen LogP contribution in [-0.2, 0) is 0 Å². The van der Waals surface area contributed by atoms with Gasteiger partial charge in [-0.2, -0.15) is 0 Å². The first-order valence-corrected chi connectivity index (χ1v) is 7.52. The Balaban J connectivity index is 2.07. The maximum Gasteiger partial charge on any atom is 0.256 e. The van der Waals surface area contributed by atoms with Crippen LogP contribution in [0, 0.1) is 5.92 Å². The molecule has 1 fully saturated rings. The van der Waals surface area contributed by atoms with E-state index in [1.807, 2.05) is 13.8 Å². The molecule has 0 bridgehead atoms. The smallest absolute Gasteiger partial charge is 0.256 e. The lowest BCUT2D eigenvalue weighted by molar-refractivity contribution is 0.0772. The van der Waals surface area contributed by atoms with Crippen molar-refractivity contribution < 1.29 is 4.79 Å². The summed E-state index contributed by atoms with van der Waals surface area (Å²) in [5.74, 6) is 1.44. The van der Waals surface area contributed by atoms with Gasteiger partial charge in [0, 0.05) is 38.6 Å². The molecule has 1 aliphatic heterocycles. The van der Waals surface area contributed by atoms with E-state index < -0.39 is 0 Å². The Morgan fingerprint density at radius 1 is 1.35 bits per heavy atom. The van der Waals surface area contributed by atoms with Crippen molar-refractivity contribution in [2.24, 2.45) is 5.92 Å². The van der Waals surface area contributed by atoms with Crippen molar-refractivity contribution in [3.8, 4) is 0 Å². The third kappa shape index (κ3) is 3.26. The van der Waals surface area contributed by atoms with Crippen LogP contribution < -0.4 is 4.90 Å². The predicted octanol–water partition coefficient (Wildman–Crippen LogP) is 2.19. The minimum Gasteiger partial charge on any atom is -0.341 e. The van der Waals surface area contributed by atoms with Crippen molar-refractivity contribution in [3.05, 3.63) is 18.0 Å². The Morgan fingerprint density at radius 2 is 2.00 bits per heavy atom. The Kier molecular flexibility index (Phi) is 4.93. The zero-order valence-electron chi connectivity index (χ0n) is 12.7. The molecule has 1 amide bonds. The van der Waals surface area contributed by atoms with Crippen molar-refractivity contribution in [3.63, 3.8) is 0 Å². The first-order chi connectivity index (χ1) is 9.65. The van der Waals surface area contributed by atoms with Gasteiger partial charge in [-0.3, -0.25) is 4.79 Å². The van der Waals surface area contributed by atoms with Crippen molar-refractivity contribution in [2.75, 3.05) is 31.1 Å². The Hall–Kier alpha value is -1.65. The van der Waals surface area contributed by atoms with Gasteiger partial charge in [-0.25, -0.2) is 9.97 Å². The fourth-order valence-electron chi connectivity index (χ4n) is 2.66. The molecule has 1 unspecified atom stereocenters. The monoisotopic (exact) mass is 276 g/mol. The molecule has 0 aliphatic carbocycles.